The molecule has 0 aliphatic rings. The van der Waals surface area contributed by atoms with E-state index in [0.29, 0.717) is 11.2 Å². The highest BCUT2D eigenvalue weighted by Gasteiger charge is 2.03. The minimum atomic E-state index is 0.208. The Morgan fingerprint density at radius 2 is 1.71 bits per heavy atom. The summed E-state index contributed by atoms with van der Waals surface area (Å²) in [5.74, 6) is 0.208. The Balaban J connectivity index is 2.17. The van der Waals surface area contributed by atoms with Gasteiger partial charge in [0.1, 0.15) is 5.52 Å². The second kappa shape index (κ2) is 3.79. The van der Waals surface area contributed by atoms with Gasteiger partial charge in [-0.25, -0.2) is 15.0 Å². The third-order valence-corrected chi connectivity index (χ3v) is 2.39. The van der Waals surface area contributed by atoms with E-state index in [0.717, 1.165) is 11.3 Å². The standard InChI is InChI=1S/C12H9N5/c13-12-15-7-10-11(17-12)14-6-9(16-10)8-4-2-1-3-5-8/h1-7H,(H2,13,14,15,17). The first-order valence-electron chi connectivity index (χ1n) is 5.13. The van der Waals surface area contributed by atoms with E-state index in [1.807, 2.05) is 30.3 Å². The molecule has 0 spiro atoms. The molecule has 0 radical (unpaired) electrons. The van der Waals surface area contributed by atoms with E-state index in [-0.39, 0.29) is 5.95 Å². The zero-order valence-corrected chi connectivity index (χ0v) is 8.91. The van der Waals surface area contributed by atoms with E-state index in [1.165, 1.54) is 0 Å². The molecule has 0 fully saturated rings. The zero-order valence-electron chi connectivity index (χ0n) is 8.91. The summed E-state index contributed by atoms with van der Waals surface area (Å²) in [6, 6.07) is 9.84. The molecule has 3 aromatic rings. The van der Waals surface area contributed by atoms with Gasteiger partial charge >= 0.3 is 0 Å². The van der Waals surface area contributed by atoms with Crippen LogP contribution in [0.15, 0.2) is 42.7 Å². The smallest absolute Gasteiger partial charge is 0.222 e. The van der Waals surface area contributed by atoms with Crippen molar-refractivity contribution in [2.24, 2.45) is 0 Å². The molecule has 0 amide bonds. The molecule has 17 heavy (non-hydrogen) atoms. The first kappa shape index (κ1) is 9.65. The normalized spacial score (nSPS) is 10.6. The average molecular weight is 223 g/mol. The highest BCUT2D eigenvalue weighted by molar-refractivity contribution is 5.73. The molecule has 1 aromatic carbocycles. The molecule has 82 valence electrons. The van der Waals surface area contributed by atoms with Gasteiger partial charge in [-0.3, -0.25) is 0 Å². The number of hydrogen-bond acceptors (Lipinski definition) is 5. The molecule has 2 aromatic heterocycles. The van der Waals surface area contributed by atoms with Crippen LogP contribution in [0.2, 0.25) is 0 Å². The third-order valence-electron chi connectivity index (χ3n) is 2.39. The van der Waals surface area contributed by atoms with Crippen LogP contribution in [0.4, 0.5) is 5.95 Å². The molecule has 0 aliphatic carbocycles. The van der Waals surface area contributed by atoms with Gasteiger partial charge in [0, 0.05) is 5.56 Å². The summed E-state index contributed by atoms with van der Waals surface area (Å²) in [4.78, 5) is 16.6. The van der Waals surface area contributed by atoms with Gasteiger partial charge in [-0.15, -0.1) is 0 Å². The average Bonchev–Trinajstić information content (AvgIpc) is 2.39. The molecule has 5 nitrogen and oxygen atoms in total. The second-order valence-electron chi connectivity index (χ2n) is 3.56. The van der Waals surface area contributed by atoms with E-state index in [2.05, 4.69) is 19.9 Å². The number of nitrogens with two attached hydrogens (primary N) is 1. The number of rotatable bonds is 1. The highest BCUT2D eigenvalue weighted by Crippen LogP contribution is 2.17. The first-order valence-corrected chi connectivity index (χ1v) is 5.13. The molecule has 0 saturated carbocycles. The highest BCUT2D eigenvalue weighted by atomic mass is 15.0. The van der Waals surface area contributed by atoms with Crippen LogP contribution >= 0.6 is 0 Å². The van der Waals surface area contributed by atoms with Crippen LogP contribution < -0.4 is 5.73 Å². The number of nitrogens with zero attached hydrogens (tertiary/aromatic N) is 4. The van der Waals surface area contributed by atoms with Gasteiger partial charge in [0.2, 0.25) is 5.95 Å². The quantitative estimate of drug-likeness (QED) is 0.679. The largest absolute Gasteiger partial charge is 0.368 e. The van der Waals surface area contributed by atoms with Crippen molar-refractivity contribution >= 4 is 17.1 Å². The molecule has 3 rings (SSSR count). The van der Waals surface area contributed by atoms with E-state index >= 15 is 0 Å². The molecule has 5 heteroatoms. The Kier molecular flexibility index (Phi) is 2.15. The van der Waals surface area contributed by atoms with E-state index < -0.39 is 0 Å². The summed E-state index contributed by atoms with van der Waals surface area (Å²) in [6.07, 6.45) is 3.27. The van der Waals surface area contributed by atoms with Gasteiger partial charge in [0.05, 0.1) is 18.1 Å². The minimum Gasteiger partial charge on any atom is -0.368 e. The zero-order chi connectivity index (χ0) is 11.7. The summed E-state index contributed by atoms with van der Waals surface area (Å²) in [7, 11) is 0. The van der Waals surface area contributed by atoms with Crippen LogP contribution in [0.1, 0.15) is 0 Å². The first-order chi connectivity index (χ1) is 8.33. The van der Waals surface area contributed by atoms with Gasteiger partial charge < -0.3 is 5.73 Å². The lowest BCUT2D eigenvalue weighted by atomic mass is 10.2. The predicted molar refractivity (Wildman–Crippen MR) is 65.0 cm³/mol. The Labute approximate surface area is 97.4 Å². The van der Waals surface area contributed by atoms with Gasteiger partial charge in [0.25, 0.3) is 0 Å². The van der Waals surface area contributed by atoms with Crippen molar-refractivity contribution in [3.63, 3.8) is 0 Å². The maximum Gasteiger partial charge on any atom is 0.222 e. The maximum atomic E-state index is 5.48. The summed E-state index contributed by atoms with van der Waals surface area (Å²) in [5, 5.41) is 0. The van der Waals surface area contributed by atoms with Crippen LogP contribution in [0.3, 0.4) is 0 Å². The molecule has 2 N–H and O–H groups in total. The van der Waals surface area contributed by atoms with E-state index in [1.54, 1.807) is 12.4 Å². The minimum absolute atomic E-state index is 0.208. The van der Waals surface area contributed by atoms with Crippen LogP contribution in [0.25, 0.3) is 22.4 Å². The van der Waals surface area contributed by atoms with Gasteiger partial charge in [-0.2, -0.15) is 4.98 Å². The summed E-state index contributed by atoms with van der Waals surface area (Å²) >= 11 is 0. The fraction of sp³-hybridized carbons (Fsp3) is 0. The lowest BCUT2D eigenvalue weighted by Gasteiger charge is -2.01. The lowest BCUT2D eigenvalue weighted by Crippen LogP contribution is -1.97. The Morgan fingerprint density at radius 3 is 2.53 bits per heavy atom. The fourth-order valence-corrected chi connectivity index (χ4v) is 1.58. The second-order valence-corrected chi connectivity index (χ2v) is 3.56. The summed E-state index contributed by atoms with van der Waals surface area (Å²) in [5.41, 5.74) is 8.44. The molecule has 0 bridgehead atoms. The fourth-order valence-electron chi connectivity index (χ4n) is 1.58. The number of aromatic nitrogens is 4. The van der Waals surface area contributed by atoms with Crippen LogP contribution in [-0.2, 0) is 0 Å². The Morgan fingerprint density at radius 1 is 0.882 bits per heavy atom. The Hall–Kier alpha value is -2.56. The van der Waals surface area contributed by atoms with E-state index in [9.17, 15) is 0 Å². The topological polar surface area (TPSA) is 77.6 Å². The number of benzene rings is 1. The van der Waals surface area contributed by atoms with Crippen molar-refractivity contribution in [3.8, 4) is 11.3 Å². The molecule has 0 atom stereocenters. The lowest BCUT2D eigenvalue weighted by molar-refractivity contribution is 1.16. The SMILES string of the molecule is Nc1ncc2nc(-c3ccccc3)cnc2n1. The van der Waals surface area contributed by atoms with Crippen LogP contribution in [0, 0.1) is 0 Å². The maximum absolute atomic E-state index is 5.48. The van der Waals surface area contributed by atoms with Crippen LogP contribution in [0.5, 0.6) is 0 Å². The van der Waals surface area contributed by atoms with Crippen molar-refractivity contribution < 1.29 is 0 Å². The van der Waals surface area contributed by atoms with Crippen molar-refractivity contribution in [2.75, 3.05) is 5.73 Å². The molecular formula is C12H9N5. The molecule has 0 unspecified atom stereocenters. The van der Waals surface area contributed by atoms with Gasteiger partial charge in [-0.1, -0.05) is 30.3 Å². The van der Waals surface area contributed by atoms with Crippen molar-refractivity contribution in [1.82, 2.24) is 19.9 Å². The van der Waals surface area contributed by atoms with E-state index in [4.69, 9.17) is 5.73 Å². The van der Waals surface area contributed by atoms with Gasteiger partial charge in [0.15, 0.2) is 5.65 Å². The molecular weight excluding hydrogens is 214 g/mol. The Bertz CT molecular complexity index is 666. The number of nitrogen functional groups attached to an aromatic ring is 1. The van der Waals surface area contributed by atoms with Crippen molar-refractivity contribution in [2.45, 2.75) is 0 Å². The summed E-state index contributed by atoms with van der Waals surface area (Å²) in [6.45, 7) is 0. The molecule has 0 saturated heterocycles. The monoisotopic (exact) mass is 223 g/mol. The number of hydrogen-bond donors (Lipinski definition) is 1. The molecule has 0 aliphatic heterocycles. The third kappa shape index (κ3) is 1.78. The van der Waals surface area contributed by atoms with Gasteiger partial charge in [-0.05, 0) is 0 Å². The van der Waals surface area contributed by atoms with Crippen LogP contribution in [-0.4, -0.2) is 19.9 Å². The summed E-state index contributed by atoms with van der Waals surface area (Å²) < 4.78 is 0. The predicted octanol–water partition coefficient (Wildman–Crippen LogP) is 1.67. The number of anilines is 1. The molecule has 2 heterocycles. The van der Waals surface area contributed by atoms with Crippen molar-refractivity contribution in [3.05, 3.63) is 42.7 Å². The number of fused-ring (bicyclic) bond motifs is 1. The van der Waals surface area contributed by atoms with Crippen molar-refractivity contribution in [1.29, 1.82) is 0 Å².